The molecule has 3 rings (SSSR count). The molecule has 1 saturated heterocycles. The zero-order chi connectivity index (χ0) is 21.4. The first-order valence-corrected chi connectivity index (χ1v) is 9.16. The fraction of sp³-hybridized carbons (Fsp3) is 0.318. The number of nitro groups is 1. The van der Waals surface area contributed by atoms with E-state index in [4.69, 9.17) is 4.74 Å². The third-order valence-corrected chi connectivity index (χ3v) is 5.43. The first-order valence-electron chi connectivity index (χ1n) is 9.16. The summed E-state index contributed by atoms with van der Waals surface area (Å²) in [7, 11) is 0. The Kier molecular flexibility index (Phi) is 5.09. The first kappa shape index (κ1) is 20.4. The number of nitrogens with zero attached hydrogens (tertiary/aromatic N) is 1. The third kappa shape index (κ3) is 3.55. The van der Waals surface area contributed by atoms with E-state index in [0.29, 0.717) is 5.56 Å². The van der Waals surface area contributed by atoms with Crippen LogP contribution >= 0.6 is 0 Å². The van der Waals surface area contributed by atoms with E-state index in [1.54, 1.807) is 38.1 Å². The Labute approximate surface area is 167 Å². The number of hydrogen-bond donors (Lipinski definition) is 0. The molecule has 2 aromatic carbocycles. The van der Waals surface area contributed by atoms with Gasteiger partial charge in [-0.25, -0.2) is 0 Å². The number of carbonyl (C=O) groups is 3. The number of ether oxygens (including phenoxy) is 1. The van der Waals surface area contributed by atoms with E-state index in [1.807, 2.05) is 6.07 Å². The molecule has 7 heteroatoms. The Bertz CT molecular complexity index is 980. The van der Waals surface area contributed by atoms with Crippen molar-refractivity contribution >= 4 is 23.2 Å². The monoisotopic (exact) mass is 395 g/mol. The molecule has 1 aliphatic heterocycles. The molecular formula is C22H21NO6. The molecule has 2 atom stereocenters. The van der Waals surface area contributed by atoms with Gasteiger partial charge in [-0.15, -0.1) is 0 Å². The number of nitro benzene ring substituents is 1. The van der Waals surface area contributed by atoms with Crippen LogP contribution in [0.4, 0.5) is 5.69 Å². The van der Waals surface area contributed by atoms with Crippen LogP contribution in [0.25, 0.3) is 0 Å². The summed E-state index contributed by atoms with van der Waals surface area (Å²) < 4.78 is 5.66. The van der Waals surface area contributed by atoms with Crippen LogP contribution in [0.1, 0.15) is 49.2 Å². The van der Waals surface area contributed by atoms with E-state index in [1.165, 1.54) is 31.2 Å². The van der Waals surface area contributed by atoms with E-state index >= 15 is 0 Å². The van der Waals surface area contributed by atoms with E-state index in [-0.39, 0.29) is 23.5 Å². The third-order valence-electron chi connectivity index (χ3n) is 5.43. The normalized spacial score (nSPS) is 23.3. The van der Waals surface area contributed by atoms with Crippen LogP contribution in [0.2, 0.25) is 0 Å². The smallest absolute Gasteiger partial charge is 0.320 e. The van der Waals surface area contributed by atoms with Gasteiger partial charge in [-0.1, -0.05) is 30.3 Å². The Morgan fingerprint density at radius 2 is 1.62 bits per heavy atom. The lowest BCUT2D eigenvalue weighted by Gasteiger charge is -2.44. The summed E-state index contributed by atoms with van der Waals surface area (Å²) >= 11 is 0. The molecule has 0 unspecified atom stereocenters. The van der Waals surface area contributed by atoms with Gasteiger partial charge in [0.2, 0.25) is 0 Å². The number of esters is 1. The van der Waals surface area contributed by atoms with Crippen molar-refractivity contribution in [3.05, 3.63) is 75.8 Å². The highest BCUT2D eigenvalue weighted by atomic mass is 16.6. The minimum atomic E-state index is -1.63. The number of carbonyl (C=O) groups excluding carboxylic acids is 3. The summed E-state index contributed by atoms with van der Waals surface area (Å²) in [6.07, 6.45) is -1.11. The fourth-order valence-electron chi connectivity index (χ4n) is 3.76. The largest absolute Gasteiger partial charge is 0.456 e. The van der Waals surface area contributed by atoms with Gasteiger partial charge in [-0.2, -0.15) is 0 Å². The van der Waals surface area contributed by atoms with Crippen molar-refractivity contribution in [3.63, 3.8) is 0 Å². The minimum absolute atomic E-state index is 0.146. The van der Waals surface area contributed by atoms with E-state index in [9.17, 15) is 24.5 Å². The Morgan fingerprint density at radius 3 is 2.17 bits per heavy atom. The quantitative estimate of drug-likeness (QED) is 0.249. The first-order chi connectivity index (χ1) is 13.6. The summed E-state index contributed by atoms with van der Waals surface area (Å²) in [4.78, 5) is 49.1. The number of rotatable bonds is 5. The zero-order valence-corrected chi connectivity index (χ0v) is 16.4. The maximum Gasteiger partial charge on any atom is 0.320 e. The number of ketones is 2. The highest BCUT2D eigenvalue weighted by Crippen LogP contribution is 2.49. The summed E-state index contributed by atoms with van der Waals surface area (Å²) in [5.41, 5.74) is -1.90. The molecule has 0 aliphatic carbocycles. The van der Waals surface area contributed by atoms with E-state index in [0.717, 1.165) is 0 Å². The van der Waals surface area contributed by atoms with Crippen molar-refractivity contribution in [2.24, 2.45) is 10.8 Å². The number of hydrogen-bond acceptors (Lipinski definition) is 6. The van der Waals surface area contributed by atoms with Gasteiger partial charge < -0.3 is 4.74 Å². The topological polar surface area (TPSA) is 104 Å². The minimum Gasteiger partial charge on any atom is -0.456 e. The number of benzene rings is 2. The van der Waals surface area contributed by atoms with Crippen molar-refractivity contribution in [2.45, 2.75) is 33.3 Å². The summed E-state index contributed by atoms with van der Waals surface area (Å²) in [5.74, 6) is -1.57. The van der Waals surface area contributed by atoms with E-state index < -0.39 is 33.6 Å². The molecule has 0 aromatic heterocycles. The van der Waals surface area contributed by atoms with Crippen molar-refractivity contribution < 1.29 is 24.0 Å². The molecule has 0 saturated carbocycles. The molecule has 0 amide bonds. The maximum atomic E-state index is 13.3. The van der Waals surface area contributed by atoms with Gasteiger partial charge in [0.05, 0.1) is 10.3 Å². The van der Waals surface area contributed by atoms with Gasteiger partial charge in [0, 0.05) is 24.1 Å². The molecule has 1 heterocycles. The predicted octanol–water partition coefficient (Wildman–Crippen LogP) is 4.07. The van der Waals surface area contributed by atoms with Gasteiger partial charge in [-0.3, -0.25) is 24.5 Å². The second-order valence-corrected chi connectivity index (χ2v) is 7.98. The Morgan fingerprint density at radius 1 is 1.03 bits per heavy atom. The molecular weight excluding hydrogens is 374 g/mol. The predicted molar refractivity (Wildman–Crippen MR) is 104 cm³/mol. The maximum absolute atomic E-state index is 13.3. The average Bonchev–Trinajstić information content (AvgIpc) is 2.70. The second-order valence-electron chi connectivity index (χ2n) is 7.98. The van der Waals surface area contributed by atoms with E-state index in [2.05, 4.69) is 0 Å². The Balaban J connectivity index is 1.87. The summed E-state index contributed by atoms with van der Waals surface area (Å²) in [6, 6.07) is 14.1. The molecule has 2 aromatic rings. The highest BCUT2D eigenvalue weighted by molar-refractivity contribution is 6.12. The molecule has 0 radical (unpaired) electrons. The van der Waals surface area contributed by atoms with Gasteiger partial charge in [0.25, 0.3) is 5.69 Å². The van der Waals surface area contributed by atoms with Gasteiger partial charge in [0.15, 0.2) is 11.6 Å². The average molecular weight is 395 g/mol. The van der Waals surface area contributed by atoms with Crippen molar-refractivity contribution in [1.82, 2.24) is 0 Å². The van der Waals surface area contributed by atoms with Crippen molar-refractivity contribution in [2.75, 3.05) is 0 Å². The molecule has 7 nitrogen and oxygen atoms in total. The number of non-ortho nitro benzene ring substituents is 1. The lowest BCUT2D eigenvalue weighted by atomic mass is 9.64. The van der Waals surface area contributed by atoms with Crippen LogP contribution in [0.15, 0.2) is 54.6 Å². The molecule has 0 bridgehead atoms. The van der Waals surface area contributed by atoms with Crippen LogP contribution in [-0.4, -0.2) is 22.5 Å². The van der Waals surface area contributed by atoms with Gasteiger partial charge >= 0.3 is 5.97 Å². The lowest BCUT2D eigenvalue weighted by molar-refractivity contribution is -0.384. The summed E-state index contributed by atoms with van der Waals surface area (Å²) in [5, 5.41) is 10.8. The zero-order valence-electron chi connectivity index (χ0n) is 16.4. The van der Waals surface area contributed by atoms with Crippen molar-refractivity contribution in [1.29, 1.82) is 0 Å². The molecule has 150 valence electrons. The molecule has 29 heavy (non-hydrogen) atoms. The molecule has 0 N–H and O–H groups in total. The highest BCUT2D eigenvalue weighted by Gasteiger charge is 2.58. The Hall–Kier alpha value is -3.35. The van der Waals surface area contributed by atoms with Crippen LogP contribution in [0.3, 0.4) is 0 Å². The number of Topliss-reactive ketones (excluding diaryl/α,β-unsaturated/α-hetero) is 2. The van der Waals surface area contributed by atoms with Gasteiger partial charge in [-0.05, 0) is 38.5 Å². The van der Waals surface area contributed by atoms with Crippen LogP contribution < -0.4 is 0 Å². The van der Waals surface area contributed by atoms with Gasteiger partial charge in [0.1, 0.15) is 11.5 Å². The lowest BCUT2D eigenvalue weighted by Crippen LogP contribution is -2.54. The fourth-order valence-corrected chi connectivity index (χ4v) is 3.76. The van der Waals surface area contributed by atoms with Crippen LogP contribution in [0, 0.1) is 20.9 Å². The number of cyclic esters (lactones) is 1. The standard InChI is InChI=1S/C22H21NO6/c1-21(2)18(15-7-5-4-6-8-15)29-20(26)22(3,19(21)25)13-17(24)14-9-11-16(12-10-14)23(27)28/h4-12,18H,13H2,1-3H3/t18-,22+/m0/s1. The van der Waals surface area contributed by atoms with Crippen LogP contribution in [-0.2, 0) is 14.3 Å². The van der Waals surface area contributed by atoms with Crippen LogP contribution in [0.5, 0.6) is 0 Å². The molecule has 1 aliphatic rings. The molecule has 0 spiro atoms. The second kappa shape index (κ2) is 7.24. The molecule has 1 fully saturated rings. The van der Waals surface area contributed by atoms with Crippen molar-refractivity contribution in [3.8, 4) is 0 Å². The summed E-state index contributed by atoms with van der Waals surface area (Å²) in [6.45, 7) is 4.83. The SMILES string of the molecule is CC1(C)C(=O)[C@@](C)(CC(=O)c2ccc([N+](=O)[O-])cc2)C(=O)O[C@H]1c1ccccc1.